The summed E-state index contributed by atoms with van der Waals surface area (Å²) in [5.41, 5.74) is 3.16. The molecule has 0 spiro atoms. The Hall–Kier alpha value is -2.66. The van der Waals surface area contributed by atoms with Gasteiger partial charge in [-0.3, -0.25) is 4.79 Å². The van der Waals surface area contributed by atoms with Crippen LogP contribution in [0.15, 0.2) is 54.2 Å². The molecule has 2 aromatic rings. The summed E-state index contributed by atoms with van der Waals surface area (Å²) in [5, 5.41) is 3.33. The van der Waals surface area contributed by atoms with E-state index in [1.807, 2.05) is 43.3 Å². The van der Waals surface area contributed by atoms with Crippen LogP contribution in [0.25, 0.3) is 6.08 Å². The summed E-state index contributed by atoms with van der Waals surface area (Å²) >= 11 is 5.32. The van der Waals surface area contributed by atoms with E-state index in [1.54, 1.807) is 25.3 Å². The van der Waals surface area contributed by atoms with Crippen LogP contribution in [0.3, 0.4) is 0 Å². The van der Waals surface area contributed by atoms with E-state index in [4.69, 9.17) is 17.0 Å². The Bertz CT molecular complexity index is 814. The van der Waals surface area contributed by atoms with Gasteiger partial charge in [0.2, 0.25) is 0 Å². The zero-order valence-corrected chi connectivity index (χ0v) is 13.7. The molecule has 1 saturated heterocycles. The zero-order chi connectivity index (χ0) is 16.4. The minimum absolute atomic E-state index is 0.194. The van der Waals surface area contributed by atoms with Crippen molar-refractivity contribution in [1.29, 1.82) is 0 Å². The predicted molar refractivity (Wildman–Crippen MR) is 95.4 cm³/mol. The minimum Gasteiger partial charge on any atom is -0.495 e. The molecule has 0 radical (unpaired) electrons. The van der Waals surface area contributed by atoms with E-state index in [-0.39, 0.29) is 5.91 Å². The average molecular weight is 324 g/mol. The lowest BCUT2D eigenvalue weighted by Crippen LogP contribution is -2.30. The van der Waals surface area contributed by atoms with Crippen molar-refractivity contribution in [2.45, 2.75) is 6.92 Å². The monoisotopic (exact) mass is 324 g/mol. The lowest BCUT2D eigenvalue weighted by atomic mass is 10.1. The number of benzene rings is 2. The van der Waals surface area contributed by atoms with Gasteiger partial charge in [0.05, 0.1) is 12.8 Å². The molecule has 1 aliphatic heterocycles. The van der Waals surface area contributed by atoms with Crippen LogP contribution in [0, 0.1) is 6.92 Å². The molecule has 1 heterocycles. The van der Waals surface area contributed by atoms with Crippen LogP contribution in [0.1, 0.15) is 11.1 Å². The molecule has 23 heavy (non-hydrogen) atoms. The van der Waals surface area contributed by atoms with Crippen LogP contribution in [0.2, 0.25) is 0 Å². The van der Waals surface area contributed by atoms with Crippen molar-refractivity contribution in [3.8, 4) is 5.75 Å². The first-order valence-electron chi connectivity index (χ1n) is 7.17. The number of carbonyl (C=O) groups excluding carboxylic acids is 1. The van der Waals surface area contributed by atoms with Crippen LogP contribution >= 0.6 is 12.2 Å². The molecule has 5 heteroatoms. The van der Waals surface area contributed by atoms with Gasteiger partial charge in [-0.15, -0.1) is 0 Å². The van der Waals surface area contributed by atoms with Crippen LogP contribution < -0.4 is 15.0 Å². The number of para-hydroxylation sites is 2. The largest absolute Gasteiger partial charge is 0.495 e. The molecule has 1 fully saturated rings. The Morgan fingerprint density at radius 3 is 2.70 bits per heavy atom. The molecule has 0 aromatic heterocycles. The Kier molecular flexibility index (Phi) is 4.12. The average Bonchev–Trinajstić information content (AvgIpc) is 2.81. The van der Waals surface area contributed by atoms with Gasteiger partial charge in [-0.2, -0.15) is 0 Å². The summed E-state index contributed by atoms with van der Waals surface area (Å²) in [4.78, 5) is 14.2. The van der Waals surface area contributed by atoms with E-state index in [1.165, 1.54) is 4.90 Å². The van der Waals surface area contributed by atoms with E-state index in [0.717, 1.165) is 11.1 Å². The molecule has 0 saturated carbocycles. The van der Waals surface area contributed by atoms with Gasteiger partial charge in [0.25, 0.3) is 5.91 Å². The molecule has 1 aliphatic rings. The van der Waals surface area contributed by atoms with Gasteiger partial charge in [0.15, 0.2) is 5.11 Å². The van der Waals surface area contributed by atoms with E-state index >= 15 is 0 Å². The SMILES string of the molecule is COc1ccccc1N1C(=O)/C(=C/c2cccc(C)c2)NC1=S. The maximum Gasteiger partial charge on any atom is 0.281 e. The van der Waals surface area contributed by atoms with Crippen molar-refractivity contribution < 1.29 is 9.53 Å². The number of hydrogen-bond donors (Lipinski definition) is 1. The van der Waals surface area contributed by atoms with Crippen molar-refractivity contribution in [3.63, 3.8) is 0 Å². The summed E-state index contributed by atoms with van der Waals surface area (Å²) in [5.74, 6) is 0.405. The number of thiocarbonyl (C=S) groups is 1. The Morgan fingerprint density at radius 2 is 1.96 bits per heavy atom. The summed E-state index contributed by atoms with van der Waals surface area (Å²) < 4.78 is 5.32. The van der Waals surface area contributed by atoms with Crippen LogP contribution in [0.4, 0.5) is 5.69 Å². The maximum atomic E-state index is 12.7. The topological polar surface area (TPSA) is 41.6 Å². The van der Waals surface area contributed by atoms with Crippen molar-refractivity contribution in [2.24, 2.45) is 0 Å². The van der Waals surface area contributed by atoms with Gasteiger partial charge >= 0.3 is 0 Å². The van der Waals surface area contributed by atoms with Crippen molar-refractivity contribution in [3.05, 3.63) is 65.4 Å². The highest BCUT2D eigenvalue weighted by Crippen LogP contribution is 2.31. The number of amides is 1. The molecule has 1 amide bonds. The van der Waals surface area contributed by atoms with Crippen LogP contribution in [-0.4, -0.2) is 18.1 Å². The zero-order valence-electron chi connectivity index (χ0n) is 12.9. The fourth-order valence-electron chi connectivity index (χ4n) is 2.49. The Morgan fingerprint density at radius 1 is 1.17 bits per heavy atom. The van der Waals surface area contributed by atoms with Gasteiger partial charge in [-0.05, 0) is 42.9 Å². The van der Waals surface area contributed by atoms with E-state index < -0.39 is 0 Å². The minimum atomic E-state index is -0.194. The second-order valence-electron chi connectivity index (χ2n) is 5.21. The molecule has 2 aromatic carbocycles. The third-order valence-corrected chi connectivity index (χ3v) is 3.84. The number of rotatable bonds is 3. The highest BCUT2D eigenvalue weighted by atomic mass is 32.1. The van der Waals surface area contributed by atoms with Gasteiger partial charge in [-0.1, -0.05) is 42.0 Å². The van der Waals surface area contributed by atoms with Gasteiger partial charge < -0.3 is 10.1 Å². The van der Waals surface area contributed by atoms with Crippen molar-refractivity contribution in [1.82, 2.24) is 5.32 Å². The van der Waals surface area contributed by atoms with E-state index in [0.29, 0.717) is 22.2 Å². The molecule has 0 bridgehead atoms. The molecule has 116 valence electrons. The molecule has 3 rings (SSSR count). The van der Waals surface area contributed by atoms with Gasteiger partial charge in [0.1, 0.15) is 11.4 Å². The highest BCUT2D eigenvalue weighted by molar-refractivity contribution is 7.80. The first-order chi connectivity index (χ1) is 11.1. The third-order valence-electron chi connectivity index (χ3n) is 3.56. The van der Waals surface area contributed by atoms with E-state index in [2.05, 4.69) is 5.32 Å². The van der Waals surface area contributed by atoms with Crippen LogP contribution in [0.5, 0.6) is 5.75 Å². The number of nitrogens with one attached hydrogen (secondary N) is 1. The number of hydrogen-bond acceptors (Lipinski definition) is 3. The molecular weight excluding hydrogens is 308 g/mol. The molecule has 4 nitrogen and oxygen atoms in total. The molecule has 0 unspecified atom stereocenters. The number of ether oxygens (including phenoxy) is 1. The number of aryl methyl sites for hydroxylation is 1. The van der Waals surface area contributed by atoms with Crippen molar-refractivity contribution >= 4 is 35.0 Å². The number of nitrogens with zero attached hydrogens (tertiary/aromatic N) is 1. The predicted octanol–water partition coefficient (Wildman–Crippen LogP) is 3.27. The number of carbonyl (C=O) groups is 1. The smallest absolute Gasteiger partial charge is 0.281 e. The Labute approximate surface area is 140 Å². The lowest BCUT2D eigenvalue weighted by Gasteiger charge is -2.17. The fraction of sp³-hybridized carbons (Fsp3) is 0.111. The third kappa shape index (κ3) is 2.96. The normalized spacial score (nSPS) is 15.9. The summed E-state index contributed by atoms with van der Waals surface area (Å²) in [6.45, 7) is 2.01. The molecular formula is C18H16N2O2S. The summed E-state index contributed by atoms with van der Waals surface area (Å²) in [6.07, 6.45) is 1.80. The highest BCUT2D eigenvalue weighted by Gasteiger charge is 2.33. The lowest BCUT2D eigenvalue weighted by molar-refractivity contribution is -0.113. The molecule has 0 atom stereocenters. The van der Waals surface area contributed by atoms with Gasteiger partial charge in [-0.25, -0.2) is 4.90 Å². The summed E-state index contributed by atoms with van der Waals surface area (Å²) in [7, 11) is 1.57. The van der Waals surface area contributed by atoms with Crippen LogP contribution in [-0.2, 0) is 4.79 Å². The van der Waals surface area contributed by atoms with Crippen molar-refractivity contribution in [2.75, 3.05) is 12.0 Å². The molecule has 1 N–H and O–H groups in total. The second-order valence-corrected chi connectivity index (χ2v) is 5.60. The quantitative estimate of drug-likeness (QED) is 0.695. The summed E-state index contributed by atoms with van der Waals surface area (Å²) in [6, 6.07) is 15.2. The van der Waals surface area contributed by atoms with E-state index in [9.17, 15) is 4.79 Å². The number of anilines is 1. The fourth-order valence-corrected chi connectivity index (χ4v) is 2.79. The number of methoxy groups -OCH3 is 1. The van der Waals surface area contributed by atoms with Gasteiger partial charge in [0, 0.05) is 0 Å². The maximum absolute atomic E-state index is 12.7. The Balaban J connectivity index is 1.97. The first kappa shape index (κ1) is 15.2. The molecule has 0 aliphatic carbocycles. The standard InChI is InChI=1S/C18H16N2O2S/c1-12-6-5-7-13(10-12)11-14-17(21)20(18(23)19-14)15-8-3-4-9-16(15)22-2/h3-11H,1-2H3,(H,19,23)/b14-11-. The first-order valence-corrected chi connectivity index (χ1v) is 7.58. The second kappa shape index (κ2) is 6.22.